The summed E-state index contributed by atoms with van der Waals surface area (Å²) in [5.41, 5.74) is 3.97. The topological polar surface area (TPSA) is 57.3 Å². The van der Waals surface area contributed by atoms with Gasteiger partial charge in [0.2, 0.25) is 0 Å². The summed E-state index contributed by atoms with van der Waals surface area (Å²) in [6.45, 7) is 11.1. The molecule has 0 saturated carbocycles. The molecule has 5 nitrogen and oxygen atoms in total. The highest BCUT2D eigenvalue weighted by Gasteiger charge is 2.08. The lowest BCUT2D eigenvalue weighted by Gasteiger charge is -2.22. The van der Waals surface area contributed by atoms with E-state index in [9.17, 15) is 4.79 Å². The molecule has 0 radical (unpaired) electrons. The smallest absolute Gasteiger partial charge is 0.251 e. The number of pyridine rings is 1. The van der Waals surface area contributed by atoms with Crippen LogP contribution in [0.15, 0.2) is 36.5 Å². The van der Waals surface area contributed by atoms with E-state index in [-0.39, 0.29) is 5.91 Å². The molecule has 0 aliphatic rings. The van der Waals surface area contributed by atoms with E-state index in [0.717, 1.165) is 30.8 Å². The summed E-state index contributed by atoms with van der Waals surface area (Å²) in [7, 11) is 0. The van der Waals surface area contributed by atoms with Crippen LogP contribution >= 0.6 is 0 Å². The third kappa shape index (κ3) is 4.95. The second kappa shape index (κ2) is 9.06. The predicted molar refractivity (Wildman–Crippen MR) is 105 cm³/mol. The van der Waals surface area contributed by atoms with Crippen molar-refractivity contribution in [2.75, 3.05) is 29.9 Å². The first kappa shape index (κ1) is 18.8. The Kier molecular flexibility index (Phi) is 6.81. The molecule has 0 fully saturated rings. The van der Waals surface area contributed by atoms with Crippen molar-refractivity contribution >= 4 is 23.1 Å². The zero-order valence-electron chi connectivity index (χ0n) is 15.6. The summed E-state index contributed by atoms with van der Waals surface area (Å²) in [4.78, 5) is 18.7. The maximum atomic E-state index is 12.1. The molecule has 1 aromatic carbocycles. The van der Waals surface area contributed by atoms with E-state index >= 15 is 0 Å². The number of nitrogens with one attached hydrogen (secondary N) is 2. The van der Waals surface area contributed by atoms with Crippen LogP contribution in [0.2, 0.25) is 0 Å². The molecule has 0 unspecified atom stereocenters. The molecule has 0 bridgehead atoms. The van der Waals surface area contributed by atoms with Crippen LogP contribution in [0, 0.1) is 6.92 Å². The van der Waals surface area contributed by atoms with Gasteiger partial charge in [-0.25, -0.2) is 4.98 Å². The maximum absolute atomic E-state index is 12.1. The molecule has 1 heterocycles. The van der Waals surface area contributed by atoms with Crippen LogP contribution in [0.25, 0.3) is 0 Å². The van der Waals surface area contributed by atoms with Crippen molar-refractivity contribution in [1.82, 2.24) is 10.3 Å². The predicted octanol–water partition coefficient (Wildman–Crippen LogP) is 4.12. The van der Waals surface area contributed by atoms with Crippen molar-refractivity contribution in [3.63, 3.8) is 0 Å². The van der Waals surface area contributed by atoms with E-state index in [1.54, 1.807) is 18.3 Å². The molecule has 5 heteroatoms. The third-order valence-corrected chi connectivity index (χ3v) is 4.16. The minimum absolute atomic E-state index is 0.0686. The number of aryl methyl sites for hydroxylation is 1. The zero-order chi connectivity index (χ0) is 18.2. The molecule has 1 amide bonds. The standard InChI is InChI=1S/C20H28N4O/c1-5-11-22-20(25)16-10-12-21-19(14-16)23-18-9-8-17(13-15(18)4)24(6-2)7-3/h8-10,12-14H,5-7,11H2,1-4H3,(H,21,23)(H,22,25). The van der Waals surface area contributed by atoms with Gasteiger partial charge >= 0.3 is 0 Å². The molecule has 0 saturated heterocycles. The number of carbonyl (C=O) groups excluding carboxylic acids is 1. The summed E-state index contributed by atoms with van der Waals surface area (Å²) in [6.07, 6.45) is 2.57. The van der Waals surface area contributed by atoms with Gasteiger partial charge in [-0.1, -0.05) is 6.92 Å². The number of hydrogen-bond acceptors (Lipinski definition) is 4. The zero-order valence-corrected chi connectivity index (χ0v) is 15.6. The van der Waals surface area contributed by atoms with E-state index in [4.69, 9.17) is 0 Å². The van der Waals surface area contributed by atoms with Crippen molar-refractivity contribution in [1.29, 1.82) is 0 Å². The molecule has 2 aromatic rings. The summed E-state index contributed by atoms with van der Waals surface area (Å²) in [6, 6.07) is 9.86. The minimum Gasteiger partial charge on any atom is -0.372 e. The Balaban J connectivity index is 2.15. The molecular formula is C20H28N4O. The van der Waals surface area contributed by atoms with E-state index in [2.05, 4.69) is 59.5 Å². The van der Waals surface area contributed by atoms with Crippen LogP contribution in [-0.2, 0) is 0 Å². The lowest BCUT2D eigenvalue weighted by atomic mass is 10.1. The molecule has 2 rings (SSSR count). The Morgan fingerprint density at radius 1 is 1.12 bits per heavy atom. The van der Waals surface area contributed by atoms with Crippen LogP contribution in [0.3, 0.4) is 0 Å². The van der Waals surface area contributed by atoms with Crippen molar-refractivity contribution in [3.05, 3.63) is 47.7 Å². The number of aromatic nitrogens is 1. The first-order valence-electron chi connectivity index (χ1n) is 8.95. The molecule has 25 heavy (non-hydrogen) atoms. The van der Waals surface area contributed by atoms with Gasteiger partial charge < -0.3 is 15.5 Å². The van der Waals surface area contributed by atoms with Gasteiger partial charge in [-0.2, -0.15) is 0 Å². The summed E-state index contributed by atoms with van der Waals surface area (Å²) in [5, 5.41) is 6.20. The summed E-state index contributed by atoms with van der Waals surface area (Å²) >= 11 is 0. The minimum atomic E-state index is -0.0686. The first-order valence-corrected chi connectivity index (χ1v) is 8.95. The highest BCUT2D eigenvalue weighted by molar-refractivity contribution is 5.94. The number of nitrogens with zero attached hydrogens (tertiary/aromatic N) is 2. The number of carbonyl (C=O) groups is 1. The van der Waals surface area contributed by atoms with Gasteiger partial charge in [-0.3, -0.25) is 4.79 Å². The molecule has 0 atom stereocenters. The van der Waals surface area contributed by atoms with Gasteiger partial charge in [-0.15, -0.1) is 0 Å². The number of anilines is 3. The van der Waals surface area contributed by atoms with E-state index in [0.29, 0.717) is 17.9 Å². The fraction of sp³-hybridized carbons (Fsp3) is 0.400. The van der Waals surface area contributed by atoms with Crippen LogP contribution in [0.5, 0.6) is 0 Å². The van der Waals surface area contributed by atoms with Gasteiger partial charge in [0.1, 0.15) is 5.82 Å². The Labute approximate surface area is 150 Å². The van der Waals surface area contributed by atoms with Crippen LogP contribution in [0.4, 0.5) is 17.2 Å². The maximum Gasteiger partial charge on any atom is 0.251 e. The average molecular weight is 340 g/mol. The second-order valence-electron chi connectivity index (χ2n) is 5.98. The fourth-order valence-corrected chi connectivity index (χ4v) is 2.69. The van der Waals surface area contributed by atoms with E-state index < -0.39 is 0 Å². The van der Waals surface area contributed by atoms with Crippen LogP contribution < -0.4 is 15.5 Å². The van der Waals surface area contributed by atoms with Gasteiger partial charge in [0.05, 0.1) is 0 Å². The number of hydrogen-bond donors (Lipinski definition) is 2. The molecule has 2 N–H and O–H groups in total. The normalized spacial score (nSPS) is 10.4. The monoisotopic (exact) mass is 340 g/mol. The van der Waals surface area contributed by atoms with Gasteiger partial charge in [0, 0.05) is 42.8 Å². The van der Waals surface area contributed by atoms with Crippen molar-refractivity contribution in [2.45, 2.75) is 34.1 Å². The summed E-state index contributed by atoms with van der Waals surface area (Å²) in [5.74, 6) is 0.601. The average Bonchev–Trinajstić information content (AvgIpc) is 2.63. The fourth-order valence-electron chi connectivity index (χ4n) is 2.69. The highest BCUT2D eigenvalue weighted by atomic mass is 16.1. The number of rotatable bonds is 8. The van der Waals surface area contributed by atoms with Gasteiger partial charge in [-0.05, 0) is 63.1 Å². The van der Waals surface area contributed by atoms with Gasteiger partial charge in [0.15, 0.2) is 0 Å². The van der Waals surface area contributed by atoms with Gasteiger partial charge in [0.25, 0.3) is 5.91 Å². The summed E-state index contributed by atoms with van der Waals surface area (Å²) < 4.78 is 0. The molecular weight excluding hydrogens is 312 g/mol. The van der Waals surface area contributed by atoms with E-state index in [1.165, 1.54) is 5.69 Å². The Morgan fingerprint density at radius 3 is 2.52 bits per heavy atom. The highest BCUT2D eigenvalue weighted by Crippen LogP contribution is 2.25. The largest absolute Gasteiger partial charge is 0.372 e. The quantitative estimate of drug-likeness (QED) is 0.759. The lowest BCUT2D eigenvalue weighted by Crippen LogP contribution is -2.24. The second-order valence-corrected chi connectivity index (χ2v) is 5.98. The number of amides is 1. The molecule has 0 aliphatic heterocycles. The Bertz CT molecular complexity index is 711. The van der Waals surface area contributed by atoms with Crippen LogP contribution in [-0.4, -0.2) is 30.5 Å². The first-order chi connectivity index (χ1) is 12.1. The van der Waals surface area contributed by atoms with Crippen molar-refractivity contribution in [3.8, 4) is 0 Å². The van der Waals surface area contributed by atoms with Crippen LogP contribution in [0.1, 0.15) is 43.1 Å². The molecule has 1 aromatic heterocycles. The molecule has 0 aliphatic carbocycles. The molecule has 0 spiro atoms. The number of benzene rings is 1. The SMILES string of the molecule is CCCNC(=O)c1ccnc(Nc2ccc(N(CC)CC)cc2C)c1. The lowest BCUT2D eigenvalue weighted by molar-refractivity contribution is 0.0953. The third-order valence-electron chi connectivity index (χ3n) is 4.16. The van der Waals surface area contributed by atoms with Crippen molar-refractivity contribution in [2.24, 2.45) is 0 Å². The Hall–Kier alpha value is -2.56. The van der Waals surface area contributed by atoms with Crippen molar-refractivity contribution < 1.29 is 4.79 Å². The van der Waals surface area contributed by atoms with E-state index in [1.807, 2.05) is 6.92 Å². The Morgan fingerprint density at radius 2 is 1.88 bits per heavy atom. The molecule has 134 valence electrons.